The van der Waals surface area contributed by atoms with Crippen LogP contribution in [0.3, 0.4) is 0 Å². The average Bonchev–Trinajstić information content (AvgIpc) is 2.51. The molecule has 14 rings (SSSR count). The van der Waals surface area contributed by atoms with Crippen molar-refractivity contribution in [1.82, 2.24) is 9.55 Å². The second kappa shape index (κ2) is 19.0. The number of rotatable bonds is 10. The Bertz CT molecular complexity index is 3430. The number of hydrogen-bond donors (Lipinski definition) is 10. The summed E-state index contributed by atoms with van der Waals surface area (Å²) >= 11 is 0. The molecule has 21 nitrogen and oxygen atoms in total. The molecule has 10 bridgehead atoms. The number of aliphatic hydroxyl groups is 6. The van der Waals surface area contributed by atoms with Gasteiger partial charge in [-0.05, 0) is 67.2 Å². The van der Waals surface area contributed by atoms with E-state index in [1.807, 2.05) is 53.2 Å². The molecule has 1 saturated heterocycles. The van der Waals surface area contributed by atoms with Crippen LogP contribution >= 0.6 is 0 Å². The molecule has 0 radical (unpaired) electrons. The fourth-order valence-corrected chi connectivity index (χ4v) is 14.9. The van der Waals surface area contributed by atoms with Gasteiger partial charge >= 0.3 is 11.9 Å². The van der Waals surface area contributed by atoms with Crippen LogP contribution in [0.5, 0.6) is 28.7 Å². The summed E-state index contributed by atoms with van der Waals surface area (Å²) in [5.41, 5.74) is 11.5. The topological polar surface area (TPSA) is 330 Å². The lowest BCUT2D eigenvalue weighted by atomic mass is 9.56. The van der Waals surface area contributed by atoms with Gasteiger partial charge in [0, 0.05) is 64.3 Å². The van der Waals surface area contributed by atoms with Crippen LogP contribution in [0, 0.1) is 46.3 Å². The first kappa shape index (κ1) is 51.3. The Morgan fingerprint density at radius 2 is 1.76 bits per heavy atom. The lowest BCUT2D eigenvalue weighted by Gasteiger charge is -2.57. The van der Waals surface area contributed by atoms with Crippen molar-refractivity contribution >= 4 is 29.1 Å². The molecule has 5 aromatic rings. The maximum Gasteiger partial charge on any atom is 0.333 e. The van der Waals surface area contributed by atoms with E-state index in [4.69, 9.17) is 44.6 Å². The smallest absolute Gasteiger partial charge is 0.333 e. The summed E-state index contributed by atoms with van der Waals surface area (Å²) < 4.78 is 48.2. The molecule has 21 heteroatoms. The Kier molecular flexibility index (Phi) is 12.3. The second-order valence-electron chi connectivity index (χ2n) is 22.1. The number of H-pyrrole nitrogens is 1. The third-order valence-corrected chi connectivity index (χ3v) is 18.4. The van der Waals surface area contributed by atoms with E-state index in [0.717, 1.165) is 10.9 Å². The lowest BCUT2D eigenvalue weighted by molar-refractivity contribution is -0.358. The van der Waals surface area contributed by atoms with Crippen LogP contribution in [0.4, 0.5) is 0 Å². The Morgan fingerprint density at radius 1 is 0.949 bits per heavy atom. The van der Waals surface area contributed by atoms with Crippen LogP contribution in [0.15, 0.2) is 67.0 Å². The van der Waals surface area contributed by atoms with Gasteiger partial charge in [0.2, 0.25) is 18.0 Å². The molecular formula is C58H58N4O17. The van der Waals surface area contributed by atoms with E-state index in [1.54, 1.807) is 18.3 Å². The number of esters is 1. The summed E-state index contributed by atoms with van der Waals surface area (Å²) in [5, 5.41) is 83.1. The van der Waals surface area contributed by atoms with Gasteiger partial charge < -0.3 is 94.7 Å². The number of nitrogens with zero attached hydrogens (tertiary/aromatic N) is 1. The number of nitrogens with one attached hydrogen (secondary N) is 1. The number of fused-ring (bicyclic) bond motifs is 10. The first-order valence-electron chi connectivity index (χ1n) is 26.5. The summed E-state index contributed by atoms with van der Waals surface area (Å²) in [5.74, 6) is 5.05. The molecule has 3 aromatic carbocycles. The monoisotopic (exact) mass is 1080 g/mol. The van der Waals surface area contributed by atoms with E-state index >= 15 is 0 Å². The minimum absolute atomic E-state index is 0.00791. The van der Waals surface area contributed by atoms with E-state index in [2.05, 4.69) is 28.7 Å². The highest BCUT2D eigenvalue weighted by molar-refractivity contribution is 5.97. The van der Waals surface area contributed by atoms with E-state index in [-0.39, 0.29) is 80.4 Å². The highest BCUT2D eigenvalue weighted by Crippen LogP contribution is 2.71. The lowest BCUT2D eigenvalue weighted by Crippen LogP contribution is -2.76. The number of carbonyl (C=O) groups excluding carboxylic acids is 2. The number of carboxylic acid groups (broad SMARTS) is 1. The molecule has 7 aliphatic heterocycles. The van der Waals surface area contributed by atoms with Gasteiger partial charge in [-0.15, -0.1) is 0 Å². The third-order valence-electron chi connectivity index (χ3n) is 18.4. The van der Waals surface area contributed by atoms with Gasteiger partial charge in [0.05, 0.1) is 35.8 Å². The van der Waals surface area contributed by atoms with Gasteiger partial charge in [-0.3, -0.25) is 9.59 Å². The fourth-order valence-electron chi connectivity index (χ4n) is 14.9. The molecule has 3 fully saturated rings. The molecule has 0 amide bonds. The van der Waals surface area contributed by atoms with Crippen molar-refractivity contribution in [3.63, 3.8) is 0 Å². The van der Waals surface area contributed by atoms with E-state index in [9.17, 15) is 50.1 Å². The Balaban J connectivity index is 1.11. The zero-order chi connectivity index (χ0) is 54.9. The van der Waals surface area contributed by atoms with Gasteiger partial charge in [0.1, 0.15) is 61.0 Å². The van der Waals surface area contributed by atoms with Crippen molar-refractivity contribution in [3.8, 4) is 52.4 Å². The van der Waals surface area contributed by atoms with Crippen molar-refractivity contribution in [2.75, 3.05) is 13.4 Å². The third kappa shape index (κ3) is 7.55. The van der Waals surface area contributed by atoms with Crippen LogP contribution in [0.25, 0.3) is 10.9 Å². The van der Waals surface area contributed by atoms with E-state index in [1.165, 1.54) is 0 Å². The van der Waals surface area contributed by atoms with Crippen LogP contribution < -0.4 is 35.2 Å². The summed E-state index contributed by atoms with van der Waals surface area (Å²) in [7, 11) is 0. The summed E-state index contributed by atoms with van der Waals surface area (Å²) in [6, 6.07) is 16.5. The molecule has 412 valence electrons. The number of hydrogen-bond acceptors (Lipinski definition) is 18. The van der Waals surface area contributed by atoms with Gasteiger partial charge in [-0.1, -0.05) is 60.1 Å². The van der Waals surface area contributed by atoms with E-state index < -0.39 is 127 Å². The summed E-state index contributed by atoms with van der Waals surface area (Å²) in [4.78, 5) is 43.1. The number of aromatic amines is 1. The SMILES string of the molecule is NC(N)[C@@H]1OC(=O)[C@@H](C(=O)O)C#C[C@]2(CC=O)CC[C@H]3c4c(cc5c(c4Cn4cc6cc[nH]c6c4CO)[C@@H]4Oc6c7ccc(OCO)c6OC[C@@H](O)C#C[C@@H](c6ccccc6)[C@H](O5)[C@@H]74)O[C@@H]4O[C@H]1[C@@H](O)[C@H](O)[C@]4(O)[C@@]31CC[C@@H]2C1. The normalized spacial score (nSPS) is 35.3. The summed E-state index contributed by atoms with van der Waals surface area (Å²) in [6.45, 7) is -1.38. The number of carbonyl (C=O) groups is 3. The number of carboxylic acids is 1. The fraction of sp³-hybridized carbons (Fsp3) is 0.466. The predicted molar refractivity (Wildman–Crippen MR) is 273 cm³/mol. The molecule has 1 spiro atoms. The number of aliphatic carboxylic acids is 1. The molecule has 79 heavy (non-hydrogen) atoms. The maximum atomic E-state index is 14.0. The second-order valence-corrected chi connectivity index (χ2v) is 22.1. The van der Waals surface area contributed by atoms with Crippen molar-refractivity contribution in [3.05, 3.63) is 101 Å². The molecule has 16 atom stereocenters. The van der Waals surface area contributed by atoms with E-state index in [0.29, 0.717) is 39.8 Å². The predicted octanol–water partition coefficient (Wildman–Crippen LogP) is 2.04. The molecule has 2 saturated carbocycles. The van der Waals surface area contributed by atoms with Gasteiger partial charge in [-0.2, -0.15) is 0 Å². The van der Waals surface area contributed by atoms with Crippen LogP contribution in [0.1, 0.15) is 95.9 Å². The van der Waals surface area contributed by atoms with Crippen LogP contribution in [-0.4, -0.2) is 132 Å². The zero-order valence-electron chi connectivity index (χ0n) is 42.4. The molecule has 12 N–H and O–H groups in total. The van der Waals surface area contributed by atoms with Crippen LogP contribution in [0.2, 0.25) is 0 Å². The van der Waals surface area contributed by atoms with Crippen molar-refractivity contribution in [2.45, 2.75) is 130 Å². The van der Waals surface area contributed by atoms with Gasteiger partial charge in [0.25, 0.3) is 0 Å². The highest BCUT2D eigenvalue weighted by atomic mass is 16.7. The maximum absolute atomic E-state index is 14.0. The van der Waals surface area contributed by atoms with Gasteiger partial charge in [0.15, 0.2) is 30.0 Å². The zero-order valence-corrected chi connectivity index (χ0v) is 42.4. The summed E-state index contributed by atoms with van der Waals surface area (Å²) in [6.07, 6.45) is -9.61. The molecule has 2 aromatic heterocycles. The van der Waals surface area contributed by atoms with Crippen LogP contribution in [-0.2, 0) is 37.0 Å². The Morgan fingerprint density at radius 3 is 2.52 bits per heavy atom. The first-order valence-corrected chi connectivity index (χ1v) is 26.5. The van der Waals surface area contributed by atoms with Crippen molar-refractivity contribution < 1.29 is 83.3 Å². The number of aliphatic hydroxyl groups excluding tert-OH is 5. The number of nitrogens with two attached hydrogens (primary N) is 2. The molecular weight excluding hydrogens is 1020 g/mol. The molecule has 2 aliphatic carbocycles. The number of benzene rings is 3. The highest BCUT2D eigenvalue weighted by Gasteiger charge is 2.74. The Hall–Kier alpha value is -7.15. The minimum atomic E-state index is -2.50. The Labute approximate surface area is 451 Å². The first-order chi connectivity index (χ1) is 38.1. The van der Waals surface area contributed by atoms with Gasteiger partial charge in [-0.25, -0.2) is 0 Å². The van der Waals surface area contributed by atoms with Crippen molar-refractivity contribution in [1.29, 1.82) is 0 Å². The molecule has 9 aliphatic rings. The number of aromatic nitrogens is 2. The van der Waals surface area contributed by atoms with Crippen molar-refractivity contribution in [2.24, 2.45) is 34.1 Å². The molecule has 0 unspecified atom stereocenters. The number of aldehydes is 1. The minimum Gasteiger partial charge on any atom is -0.487 e. The quantitative estimate of drug-likeness (QED) is 0.0314. The molecule has 9 heterocycles. The standard InChI is InChI=1S/C58H58N4O17/c59-52(60)50-49-44(67)51(68)58(72)55(79-49)76-38-20-39-41(48-42-32-8-9-37(74-26-65)47(46(32)77-48)73-25-30(66)6-7-31(45(42)75-39)27-4-2-1-3-5-27)34(23-62-22-28-13-18-61-43(28)36(62)24-64)40(38)35-12-15-56(17-19-63,29-10-16-57(35,58)21-29)14-11-33(53(69)70)54(71)78-50/h1-5,8-9,13,18-20,22,29-31,33,35,42,44-45,48-52,55,61,64-68,72H,10,12,15-17,21,23-26,59-60H2,(H,69,70)/t29-,30+,31+,33-,35+,42-,44-,45+,48+,49+,50-,51+,55-,56-,57-,58-/m1/s1. The average molecular weight is 1080 g/mol. The largest absolute Gasteiger partial charge is 0.487 e. The number of ether oxygens (including phenoxy) is 7.